The number of aromatic hydroxyl groups is 2. The van der Waals surface area contributed by atoms with Crippen LogP contribution < -0.4 is 9.47 Å². The molecule has 0 spiro atoms. The number of rotatable bonds is 9. The molecule has 0 radical (unpaired) electrons. The molecule has 2 saturated heterocycles. The maximum Gasteiger partial charge on any atom is 0.338 e. The number of benzene rings is 2. The number of phenols is 2. The minimum absolute atomic E-state index is 0.0126. The molecule has 2 aliphatic rings. The van der Waals surface area contributed by atoms with Gasteiger partial charge in [0.25, 0.3) is 0 Å². The predicted molar refractivity (Wildman–Crippen MR) is 127 cm³/mol. The molecule has 4 rings (SSSR count). The van der Waals surface area contributed by atoms with Gasteiger partial charge in [0.05, 0.1) is 25.9 Å². The molecule has 0 unspecified atom stereocenters. The van der Waals surface area contributed by atoms with Crippen LogP contribution in [0, 0.1) is 0 Å². The van der Waals surface area contributed by atoms with Gasteiger partial charge in [-0.25, -0.2) is 4.79 Å². The van der Waals surface area contributed by atoms with Crippen LogP contribution in [-0.4, -0.2) is 117 Å². The zero-order valence-electron chi connectivity index (χ0n) is 20.7. The van der Waals surface area contributed by atoms with Gasteiger partial charge in [0.2, 0.25) is 6.29 Å². The van der Waals surface area contributed by atoms with E-state index in [9.17, 15) is 40.5 Å². The van der Waals surface area contributed by atoms with Crippen molar-refractivity contribution in [2.75, 3.05) is 26.9 Å². The first-order valence-electron chi connectivity index (χ1n) is 11.9. The molecule has 0 bridgehead atoms. The van der Waals surface area contributed by atoms with Crippen LogP contribution in [0.3, 0.4) is 0 Å². The van der Waals surface area contributed by atoms with E-state index in [-0.39, 0.29) is 28.6 Å². The Morgan fingerprint density at radius 3 is 2.44 bits per heavy atom. The molecule has 7 N–H and O–H groups in total. The van der Waals surface area contributed by atoms with Crippen molar-refractivity contribution >= 4 is 5.97 Å². The summed E-state index contributed by atoms with van der Waals surface area (Å²) in [5, 5.41) is 71.4. The number of hydrogen-bond donors (Lipinski definition) is 7. The summed E-state index contributed by atoms with van der Waals surface area (Å²) in [6.07, 6.45) is -10.8. The minimum Gasteiger partial charge on any atom is -0.508 e. The van der Waals surface area contributed by atoms with Crippen LogP contribution in [0.15, 0.2) is 42.5 Å². The van der Waals surface area contributed by atoms with Gasteiger partial charge < -0.3 is 64.2 Å². The Labute approximate surface area is 222 Å². The molecule has 0 aromatic heterocycles. The van der Waals surface area contributed by atoms with Crippen LogP contribution in [0.2, 0.25) is 0 Å². The van der Waals surface area contributed by atoms with E-state index in [0.29, 0.717) is 0 Å². The second kappa shape index (κ2) is 11.9. The van der Waals surface area contributed by atoms with Crippen molar-refractivity contribution in [3.8, 4) is 23.0 Å². The molecule has 14 heteroatoms. The van der Waals surface area contributed by atoms with Crippen molar-refractivity contribution < 1.29 is 69.0 Å². The minimum atomic E-state index is -2.11. The molecule has 0 aliphatic carbocycles. The number of esters is 1. The van der Waals surface area contributed by atoms with E-state index >= 15 is 0 Å². The van der Waals surface area contributed by atoms with Crippen LogP contribution in [0.1, 0.15) is 10.4 Å². The highest BCUT2D eigenvalue weighted by atomic mass is 16.8. The molecule has 39 heavy (non-hydrogen) atoms. The van der Waals surface area contributed by atoms with Crippen LogP contribution in [0.5, 0.6) is 23.0 Å². The Kier molecular flexibility index (Phi) is 8.78. The lowest BCUT2D eigenvalue weighted by molar-refractivity contribution is -0.318. The number of aliphatic hydroxyl groups is 5. The highest BCUT2D eigenvalue weighted by Crippen LogP contribution is 2.33. The lowest BCUT2D eigenvalue weighted by Crippen LogP contribution is -2.62. The first-order chi connectivity index (χ1) is 18.6. The molecule has 0 saturated carbocycles. The van der Waals surface area contributed by atoms with Gasteiger partial charge in [0, 0.05) is 0 Å². The lowest BCUT2D eigenvalue weighted by atomic mass is 9.98. The summed E-state index contributed by atoms with van der Waals surface area (Å²) < 4.78 is 32.4. The van der Waals surface area contributed by atoms with E-state index in [4.69, 9.17) is 28.4 Å². The summed E-state index contributed by atoms with van der Waals surface area (Å²) in [4.78, 5) is 12.4. The van der Waals surface area contributed by atoms with Gasteiger partial charge in [-0.05, 0) is 42.5 Å². The molecule has 2 aliphatic heterocycles. The predicted octanol–water partition coefficient (Wildman–Crippen LogP) is -1.39. The smallest absolute Gasteiger partial charge is 0.338 e. The number of phenolic OH excluding ortho intramolecular Hbond substituents is 2. The van der Waals surface area contributed by atoms with Crippen LogP contribution in [-0.2, 0) is 18.9 Å². The van der Waals surface area contributed by atoms with E-state index in [1.807, 2.05) is 0 Å². The van der Waals surface area contributed by atoms with Crippen molar-refractivity contribution in [2.24, 2.45) is 0 Å². The van der Waals surface area contributed by atoms with Crippen molar-refractivity contribution in [1.29, 1.82) is 0 Å². The van der Waals surface area contributed by atoms with Crippen LogP contribution in [0.4, 0.5) is 0 Å². The fraction of sp³-hybridized carbons (Fsp3) is 0.480. The number of carbonyl (C=O) groups is 1. The summed E-state index contributed by atoms with van der Waals surface area (Å²) in [7, 11) is 1.30. The van der Waals surface area contributed by atoms with Crippen molar-refractivity contribution in [1.82, 2.24) is 0 Å². The van der Waals surface area contributed by atoms with Gasteiger partial charge in [-0.2, -0.15) is 0 Å². The number of aliphatic hydroxyl groups excluding tert-OH is 4. The van der Waals surface area contributed by atoms with Gasteiger partial charge in [-0.1, -0.05) is 0 Å². The normalized spacial score (nSPS) is 32.5. The third-order valence-corrected chi connectivity index (χ3v) is 6.38. The SMILES string of the molecule is COc1cc(C(=O)OC[C@@]2(O)CO[C@@H](O[C@H]3[C@H](Oc4ccc(O)cc4)O[C@H](CO)[C@@H](O)[C@@H]3O)[C@@H]2O)ccc1O. The summed E-state index contributed by atoms with van der Waals surface area (Å²) in [6.45, 7) is -1.89. The van der Waals surface area contributed by atoms with Crippen LogP contribution in [0.25, 0.3) is 0 Å². The van der Waals surface area contributed by atoms with E-state index in [1.165, 1.54) is 49.6 Å². The Morgan fingerprint density at radius 2 is 1.77 bits per heavy atom. The Balaban J connectivity index is 1.43. The number of carbonyl (C=O) groups excluding carboxylic acids is 1. The second-order valence-corrected chi connectivity index (χ2v) is 9.11. The number of methoxy groups -OCH3 is 1. The highest BCUT2D eigenvalue weighted by Gasteiger charge is 2.54. The third-order valence-electron chi connectivity index (χ3n) is 6.38. The zero-order chi connectivity index (χ0) is 28.3. The van der Waals surface area contributed by atoms with Gasteiger partial charge in [-0.3, -0.25) is 0 Å². The highest BCUT2D eigenvalue weighted by molar-refractivity contribution is 5.90. The van der Waals surface area contributed by atoms with Crippen molar-refractivity contribution in [3.63, 3.8) is 0 Å². The van der Waals surface area contributed by atoms with Crippen molar-refractivity contribution in [3.05, 3.63) is 48.0 Å². The topological polar surface area (TPSA) is 214 Å². The quantitative estimate of drug-likeness (QED) is 0.178. The summed E-state index contributed by atoms with van der Waals surface area (Å²) >= 11 is 0. The van der Waals surface area contributed by atoms with E-state index in [1.54, 1.807) is 0 Å². The summed E-state index contributed by atoms with van der Waals surface area (Å²) in [5.41, 5.74) is -2.10. The van der Waals surface area contributed by atoms with Crippen molar-refractivity contribution in [2.45, 2.75) is 48.7 Å². The van der Waals surface area contributed by atoms with Gasteiger partial charge in [0.1, 0.15) is 42.5 Å². The average Bonchev–Trinajstić information content (AvgIpc) is 3.21. The van der Waals surface area contributed by atoms with Gasteiger partial charge in [-0.15, -0.1) is 0 Å². The first-order valence-corrected chi connectivity index (χ1v) is 11.9. The molecule has 2 aromatic carbocycles. The zero-order valence-corrected chi connectivity index (χ0v) is 20.7. The largest absolute Gasteiger partial charge is 0.508 e. The maximum absolute atomic E-state index is 12.4. The molecule has 8 atom stereocenters. The van der Waals surface area contributed by atoms with E-state index in [2.05, 4.69) is 0 Å². The molecule has 14 nitrogen and oxygen atoms in total. The first kappa shape index (κ1) is 28.8. The van der Waals surface area contributed by atoms with Gasteiger partial charge in [0.15, 0.2) is 29.5 Å². The fourth-order valence-corrected chi connectivity index (χ4v) is 4.09. The standard InChI is InChI=1S/C25H30O14/c1-34-16-8-12(2-7-15(16)28)22(32)35-10-25(33)11-36-24(21(25)31)39-20-19(30)18(29)17(9-26)38-23(20)37-14-5-3-13(27)4-6-14/h2-8,17-21,23-24,26-31,33H,9-11H2,1H3/t17-,18-,19+,20-,21+,23-,24+,25-/m1/s1. The molecule has 0 amide bonds. The molecule has 2 aromatic rings. The average molecular weight is 555 g/mol. The third kappa shape index (κ3) is 6.18. The fourth-order valence-electron chi connectivity index (χ4n) is 4.09. The summed E-state index contributed by atoms with van der Waals surface area (Å²) in [5.74, 6) is -0.882. The Morgan fingerprint density at radius 1 is 1.05 bits per heavy atom. The Hall–Kier alpha value is -3.21. The van der Waals surface area contributed by atoms with E-state index in [0.717, 1.165) is 0 Å². The molecular formula is C25H30O14. The molecule has 214 valence electrons. The molecule has 2 heterocycles. The van der Waals surface area contributed by atoms with Crippen LogP contribution >= 0.6 is 0 Å². The molecule has 2 fully saturated rings. The number of ether oxygens (including phenoxy) is 6. The van der Waals surface area contributed by atoms with E-state index < -0.39 is 74.5 Å². The lowest BCUT2D eigenvalue weighted by Gasteiger charge is -2.42. The van der Waals surface area contributed by atoms with Gasteiger partial charge >= 0.3 is 5.97 Å². The maximum atomic E-state index is 12.4. The molecular weight excluding hydrogens is 524 g/mol. The Bertz CT molecular complexity index is 1130. The monoisotopic (exact) mass is 554 g/mol. The number of hydrogen-bond acceptors (Lipinski definition) is 14. The second-order valence-electron chi connectivity index (χ2n) is 9.11. The summed E-state index contributed by atoms with van der Waals surface area (Å²) in [6, 6.07) is 9.22.